The van der Waals surface area contributed by atoms with Crippen molar-refractivity contribution in [3.8, 4) is 0 Å². The molecule has 0 spiro atoms. The van der Waals surface area contributed by atoms with Crippen LogP contribution in [0.1, 0.15) is 18.6 Å². The Morgan fingerprint density at radius 1 is 1.20 bits per heavy atom. The van der Waals surface area contributed by atoms with Crippen LogP contribution in [0.3, 0.4) is 0 Å². The van der Waals surface area contributed by atoms with Crippen molar-refractivity contribution in [2.75, 3.05) is 18.0 Å². The highest BCUT2D eigenvalue weighted by molar-refractivity contribution is 14.1. The van der Waals surface area contributed by atoms with E-state index in [1.54, 1.807) is 6.21 Å². The fourth-order valence-electron chi connectivity index (χ4n) is 2.24. The first kappa shape index (κ1) is 14.1. The van der Waals surface area contributed by atoms with E-state index in [4.69, 9.17) is 4.42 Å². The second-order valence-corrected chi connectivity index (χ2v) is 6.83. The first-order valence-electron chi connectivity index (χ1n) is 6.56. The third-order valence-corrected chi connectivity index (χ3v) is 4.54. The van der Waals surface area contributed by atoms with Crippen molar-refractivity contribution in [3.05, 3.63) is 44.1 Å². The lowest BCUT2D eigenvalue weighted by Crippen LogP contribution is -2.17. The van der Waals surface area contributed by atoms with Gasteiger partial charge in [0.25, 0.3) is 0 Å². The van der Waals surface area contributed by atoms with Gasteiger partial charge in [-0.15, -0.1) is 0 Å². The normalized spacial score (nSPS) is 15.4. The second kappa shape index (κ2) is 6.30. The van der Waals surface area contributed by atoms with E-state index in [0.717, 1.165) is 34.9 Å². The van der Waals surface area contributed by atoms with Crippen LogP contribution >= 0.6 is 38.5 Å². The zero-order valence-electron chi connectivity index (χ0n) is 10.9. The minimum absolute atomic E-state index is 0.775. The van der Waals surface area contributed by atoms with Crippen molar-refractivity contribution in [2.24, 2.45) is 4.99 Å². The monoisotopic (exact) mass is 444 g/mol. The molecule has 0 radical (unpaired) electrons. The smallest absolute Gasteiger partial charge is 0.210 e. The van der Waals surface area contributed by atoms with E-state index in [9.17, 15) is 0 Å². The summed E-state index contributed by atoms with van der Waals surface area (Å²) in [6.07, 6.45) is 4.24. The van der Waals surface area contributed by atoms with Crippen LogP contribution in [-0.2, 0) is 0 Å². The molecule has 2 heterocycles. The molecule has 0 N–H and O–H groups in total. The van der Waals surface area contributed by atoms with Gasteiger partial charge in [-0.05, 0) is 75.6 Å². The lowest BCUT2D eigenvalue weighted by Gasteiger charge is -2.13. The van der Waals surface area contributed by atoms with Crippen molar-refractivity contribution in [1.82, 2.24) is 0 Å². The quantitative estimate of drug-likeness (QED) is 0.492. The van der Waals surface area contributed by atoms with Crippen molar-refractivity contribution in [3.63, 3.8) is 0 Å². The second-order valence-electron chi connectivity index (χ2n) is 4.73. The summed E-state index contributed by atoms with van der Waals surface area (Å²) in [6, 6.07) is 10.1. The van der Waals surface area contributed by atoms with E-state index in [1.165, 1.54) is 16.4 Å². The highest BCUT2D eigenvalue weighted by Gasteiger charge is 2.19. The van der Waals surface area contributed by atoms with Gasteiger partial charge in [0.1, 0.15) is 5.76 Å². The summed E-state index contributed by atoms with van der Waals surface area (Å²) in [7, 11) is 0. The summed E-state index contributed by atoms with van der Waals surface area (Å²) in [5, 5.41) is 0. The molecule has 1 aromatic heterocycles. The van der Waals surface area contributed by atoms with Crippen LogP contribution < -0.4 is 4.90 Å². The number of hydrogen-bond donors (Lipinski definition) is 0. The Bertz CT molecular complexity index is 615. The van der Waals surface area contributed by atoms with Gasteiger partial charge in [0.2, 0.25) is 5.88 Å². The van der Waals surface area contributed by atoms with Crippen LogP contribution in [-0.4, -0.2) is 19.3 Å². The third-order valence-electron chi connectivity index (χ3n) is 3.25. The lowest BCUT2D eigenvalue weighted by molar-refractivity contribution is 0.549. The van der Waals surface area contributed by atoms with Crippen molar-refractivity contribution in [1.29, 1.82) is 0 Å². The van der Waals surface area contributed by atoms with Gasteiger partial charge < -0.3 is 9.32 Å². The largest absolute Gasteiger partial charge is 0.438 e. The molecular formula is C15H14BrIN2O. The van der Waals surface area contributed by atoms with E-state index in [-0.39, 0.29) is 0 Å². The molecule has 5 heteroatoms. The molecule has 0 atom stereocenters. The van der Waals surface area contributed by atoms with E-state index >= 15 is 0 Å². The highest BCUT2D eigenvalue weighted by atomic mass is 127. The van der Waals surface area contributed by atoms with E-state index in [2.05, 4.69) is 48.4 Å². The summed E-state index contributed by atoms with van der Waals surface area (Å²) in [5.74, 6) is 1.70. The summed E-state index contributed by atoms with van der Waals surface area (Å²) < 4.78 is 8.08. The van der Waals surface area contributed by atoms with Crippen molar-refractivity contribution in [2.45, 2.75) is 12.8 Å². The molecule has 1 fully saturated rings. The summed E-state index contributed by atoms with van der Waals surface area (Å²) >= 11 is 5.85. The zero-order valence-corrected chi connectivity index (χ0v) is 14.6. The Morgan fingerprint density at radius 3 is 2.60 bits per heavy atom. The van der Waals surface area contributed by atoms with Gasteiger partial charge in [-0.2, -0.15) is 0 Å². The number of aliphatic imine (C=N–C) groups is 1. The maximum absolute atomic E-state index is 5.87. The number of anilines is 1. The molecule has 1 aliphatic rings. The first-order valence-corrected chi connectivity index (χ1v) is 8.43. The Hall–Kier alpha value is -0.820. The Labute approximate surface area is 140 Å². The summed E-state index contributed by atoms with van der Waals surface area (Å²) in [5.41, 5.74) is 0.931. The number of halogens is 2. The molecule has 104 valence electrons. The molecule has 3 rings (SSSR count). The lowest BCUT2D eigenvalue weighted by atomic mass is 10.3. The molecule has 0 unspecified atom stereocenters. The number of benzene rings is 1. The van der Waals surface area contributed by atoms with Gasteiger partial charge in [0.05, 0.1) is 16.4 Å². The van der Waals surface area contributed by atoms with Gasteiger partial charge >= 0.3 is 0 Å². The average molecular weight is 445 g/mol. The SMILES string of the molecule is Brc1cc(C=Nc2ccc(I)cc2)oc1N1CCCC1. The fourth-order valence-corrected chi connectivity index (χ4v) is 3.16. The van der Waals surface area contributed by atoms with Crippen LogP contribution in [0.25, 0.3) is 0 Å². The van der Waals surface area contributed by atoms with Crippen LogP contribution in [0.15, 0.2) is 44.2 Å². The van der Waals surface area contributed by atoms with Gasteiger partial charge in [0, 0.05) is 22.7 Å². The van der Waals surface area contributed by atoms with Crippen LogP contribution in [0, 0.1) is 3.57 Å². The molecule has 1 saturated heterocycles. The van der Waals surface area contributed by atoms with Gasteiger partial charge in [-0.25, -0.2) is 0 Å². The Morgan fingerprint density at radius 2 is 1.90 bits per heavy atom. The average Bonchev–Trinajstić information content (AvgIpc) is 3.07. The minimum Gasteiger partial charge on any atom is -0.438 e. The highest BCUT2D eigenvalue weighted by Crippen LogP contribution is 2.32. The molecular weight excluding hydrogens is 431 g/mol. The predicted octanol–water partition coefficient (Wildman–Crippen LogP) is 5.00. The molecule has 3 nitrogen and oxygen atoms in total. The molecule has 0 saturated carbocycles. The Balaban J connectivity index is 1.77. The van der Waals surface area contributed by atoms with E-state index < -0.39 is 0 Å². The minimum atomic E-state index is 0.775. The molecule has 20 heavy (non-hydrogen) atoms. The molecule has 0 aliphatic carbocycles. The summed E-state index contributed by atoms with van der Waals surface area (Å²) in [4.78, 5) is 6.71. The van der Waals surface area contributed by atoms with Gasteiger partial charge in [-0.3, -0.25) is 4.99 Å². The number of rotatable bonds is 3. The molecule has 0 bridgehead atoms. The van der Waals surface area contributed by atoms with E-state index in [1.807, 2.05) is 30.3 Å². The third kappa shape index (κ3) is 3.25. The number of furan rings is 1. The van der Waals surface area contributed by atoms with Gasteiger partial charge in [0.15, 0.2) is 0 Å². The van der Waals surface area contributed by atoms with E-state index in [0.29, 0.717) is 0 Å². The number of hydrogen-bond acceptors (Lipinski definition) is 3. The first-order chi connectivity index (χ1) is 9.72. The Kier molecular flexibility index (Phi) is 4.45. The van der Waals surface area contributed by atoms with Crippen LogP contribution in [0.2, 0.25) is 0 Å². The predicted molar refractivity (Wildman–Crippen MR) is 94.3 cm³/mol. The standard InChI is InChI=1S/C15H14BrIN2O/c16-14-9-13(20-15(14)19-7-1-2-8-19)10-18-12-5-3-11(17)4-6-12/h3-6,9-10H,1-2,7-8H2. The van der Waals surface area contributed by atoms with Crippen LogP contribution in [0.5, 0.6) is 0 Å². The van der Waals surface area contributed by atoms with Crippen LogP contribution in [0.4, 0.5) is 11.6 Å². The maximum atomic E-state index is 5.87. The molecule has 1 aromatic carbocycles. The summed E-state index contributed by atoms with van der Waals surface area (Å²) in [6.45, 7) is 2.14. The number of nitrogens with zero attached hydrogens (tertiary/aromatic N) is 2. The van der Waals surface area contributed by atoms with Gasteiger partial charge in [-0.1, -0.05) is 0 Å². The van der Waals surface area contributed by atoms with Crippen molar-refractivity contribution >= 4 is 56.3 Å². The zero-order chi connectivity index (χ0) is 13.9. The molecule has 1 aliphatic heterocycles. The molecule has 0 amide bonds. The molecule has 2 aromatic rings. The van der Waals surface area contributed by atoms with Crippen molar-refractivity contribution < 1.29 is 4.42 Å². The fraction of sp³-hybridized carbons (Fsp3) is 0.267. The maximum Gasteiger partial charge on any atom is 0.210 e. The topological polar surface area (TPSA) is 28.7 Å².